The highest BCUT2D eigenvalue weighted by Gasteiger charge is 2.39. The summed E-state index contributed by atoms with van der Waals surface area (Å²) in [7, 11) is 0. The predicted octanol–water partition coefficient (Wildman–Crippen LogP) is 0.848. The van der Waals surface area contributed by atoms with Crippen molar-refractivity contribution in [3.8, 4) is 6.07 Å². The SMILES string of the molecule is N#Cc1ccc(CN2CCN(C3NC(=O)CC(C4CC4)N3)CC2)cc1. The molecule has 2 saturated heterocycles. The Morgan fingerprint density at radius 3 is 2.48 bits per heavy atom. The van der Waals surface area contributed by atoms with Crippen LogP contribution in [0.4, 0.5) is 0 Å². The highest BCUT2D eigenvalue weighted by atomic mass is 16.2. The van der Waals surface area contributed by atoms with Crippen LogP contribution >= 0.6 is 0 Å². The van der Waals surface area contributed by atoms with Crippen LogP contribution in [0.5, 0.6) is 0 Å². The summed E-state index contributed by atoms with van der Waals surface area (Å²) in [5.74, 6) is 0.881. The van der Waals surface area contributed by atoms with Crippen molar-refractivity contribution in [1.82, 2.24) is 20.4 Å². The number of nitrogens with one attached hydrogen (secondary N) is 2. The number of hydrogen-bond donors (Lipinski definition) is 2. The summed E-state index contributed by atoms with van der Waals surface area (Å²) in [6.45, 7) is 4.79. The van der Waals surface area contributed by atoms with Crippen molar-refractivity contribution in [2.75, 3.05) is 26.2 Å². The molecule has 6 heteroatoms. The van der Waals surface area contributed by atoms with Crippen LogP contribution in [0.15, 0.2) is 24.3 Å². The molecular weight excluding hydrogens is 314 g/mol. The van der Waals surface area contributed by atoms with Gasteiger partial charge >= 0.3 is 0 Å². The third-order valence-electron chi connectivity index (χ3n) is 5.53. The second kappa shape index (κ2) is 7.12. The number of rotatable bonds is 4. The van der Waals surface area contributed by atoms with Gasteiger partial charge in [0.25, 0.3) is 0 Å². The van der Waals surface area contributed by atoms with Gasteiger partial charge in [-0.1, -0.05) is 12.1 Å². The minimum absolute atomic E-state index is 0.0103. The van der Waals surface area contributed by atoms with Gasteiger partial charge in [0, 0.05) is 45.2 Å². The lowest BCUT2D eigenvalue weighted by Gasteiger charge is -2.43. The van der Waals surface area contributed by atoms with Gasteiger partial charge in [0.05, 0.1) is 11.6 Å². The summed E-state index contributed by atoms with van der Waals surface area (Å²) >= 11 is 0. The van der Waals surface area contributed by atoms with Gasteiger partial charge in [-0.05, 0) is 36.5 Å². The number of amides is 1. The molecule has 1 amide bonds. The van der Waals surface area contributed by atoms with Crippen molar-refractivity contribution in [3.63, 3.8) is 0 Å². The Balaban J connectivity index is 1.28. The summed E-state index contributed by atoms with van der Waals surface area (Å²) < 4.78 is 0. The molecule has 4 rings (SSSR count). The van der Waals surface area contributed by atoms with E-state index in [1.54, 1.807) is 0 Å². The number of piperazine rings is 1. The van der Waals surface area contributed by atoms with Crippen molar-refractivity contribution >= 4 is 5.91 Å². The lowest BCUT2D eigenvalue weighted by molar-refractivity contribution is -0.127. The first kappa shape index (κ1) is 16.5. The summed E-state index contributed by atoms with van der Waals surface area (Å²) in [4.78, 5) is 16.8. The van der Waals surface area contributed by atoms with Crippen LogP contribution in [0.25, 0.3) is 0 Å². The molecular formula is C19H25N5O. The fourth-order valence-corrected chi connectivity index (χ4v) is 3.84. The highest BCUT2D eigenvalue weighted by molar-refractivity contribution is 5.77. The van der Waals surface area contributed by atoms with Gasteiger partial charge in [0.1, 0.15) is 6.29 Å². The Bertz CT molecular complexity index is 655. The molecule has 0 bridgehead atoms. The number of hydrogen-bond acceptors (Lipinski definition) is 5. The smallest absolute Gasteiger partial charge is 0.223 e. The molecule has 0 aromatic heterocycles. The largest absolute Gasteiger partial charge is 0.328 e. The summed E-state index contributed by atoms with van der Waals surface area (Å²) in [5.41, 5.74) is 1.95. The second-order valence-electron chi connectivity index (χ2n) is 7.41. The van der Waals surface area contributed by atoms with Crippen LogP contribution in [-0.4, -0.2) is 54.2 Å². The third-order valence-corrected chi connectivity index (χ3v) is 5.53. The van der Waals surface area contributed by atoms with E-state index in [4.69, 9.17) is 5.26 Å². The van der Waals surface area contributed by atoms with Crippen molar-refractivity contribution in [3.05, 3.63) is 35.4 Å². The zero-order chi connectivity index (χ0) is 17.2. The van der Waals surface area contributed by atoms with E-state index in [0.29, 0.717) is 23.9 Å². The van der Waals surface area contributed by atoms with Gasteiger partial charge in [-0.15, -0.1) is 0 Å². The van der Waals surface area contributed by atoms with Crippen molar-refractivity contribution in [2.45, 2.75) is 38.1 Å². The minimum atomic E-state index is -0.0103. The van der Waals surface area contributed by atoms with Gasteiger partial charge in [0.2, 0.25) is 5.91 Å². The fraction of sp³-hybridized carbons (Fsp3) is 0.579. The van der Waals surface area contributed by atoms with E-state index in [2.05, 4.69) is 26.5 Å². The monoisotopic (exact) mass is 339 g/mol. The maximum absolute atomic E-state index is 12.0. The molecule has 1 saturated carbocycles. The Labute approximate surface area is 148 Å². The lowest BCUT2D eigenvalue weighted by atomic mass is 10.1. The Kier molecular flexibility index (Phi) is 4.71. The van der Waals surface area contributed by atoms with Crippen molar-refractivity contribution < 1.29 is 4.79 Å². The van der Waals surface area contributed by atoms with E-state index in [9.17, 15) is 4.79 Å². The molecule has 1 aromatic rings. The van der Waals surface area contributed by atoms with Gasteiger partial charge in [0.15, 0.2) is 0 Å². The number of benzene rings is 1. The van der Waals surface area contributed by atoms with Gasteiger partial charge in [-0.3, -0.25) is 19.9 Å². The molecule has 1 aromatic carbocycles. The summed E-state index contributed by atoms with van der Waals surface area (Å²) in [5, 5.41) is 15.6. The first-order chi connectivity index (χ1) is 12.2. The van der Waals surface area contributed by atoms with Gasteiger partial charge in [-0.2, -0.15) is 5.26 Å². The van der Waals surface area contributed by atoms with Gasteiger partial charge in [-0.25, -0.2) is 0 Å². The molecule has 0 spiro atoms. The van der Waals surface area contributed by atoms with Crippen LogP contribution in [0.2, 0.25) is 0 Å². The average molecular weight is 339 g/mol. The lowest BCUT2D eigenvalue weighted by Crippen LogP contribution is -2.66. The van der Waals surface area contributed by atoms with Crippen LogP contribution in [0.1, 0.15) is 30.4 Å². The van der Waals surface area contributed by atoms with E-state index in [1.807, 2.05) is 24.3 Å². The van der Waals surface area contributed by atoms with Gasteiger partial charge < -0.3 is 5.32 Å². The van der Waals surface area contributed by atoms with Crippen LogP contribution < -0.4 is 10.6 Å². The zero-order valence-corrected chi connectivity index (χ0v) is 14.4. The summed E-state index contributed by atoms with van der Waals surface area (Å²) in [6, 6.07) is 10.3. The van der Waals surface area contributed by atoms with E-state index >= 15 is 0 Å². The fourth-order valence-electron chi connectivity index (χ4n) is 3.84. The number of nitriles is 1. The maximum Gasteiger partial charge on any atom is 0.223 e. The molecule has 25 heavy (non-hydrogen) atoms. The topological polar surface area (TPSA) is 71.4 Å². The quantitative estimate of drug-likeness (QED) is 0.851. The maximum atomic E-state index is 12.0. The standard InChI is InChI=1S/C19H25N5O/c20-12-14-1-3-15(4-2-14)13-23-7-9-24(10-8-23)19-21-17(16-5-6-16)11-18(25)22-19/h1-4,16-17,19,21H,5-11,13H2,(H,22,25). The normalized spacial score (nSPS) is 28.4. The molecule has 0 radical (unpaired) electrons. The average Bonchev–Trinajstić information content (AvgIpc) is 3.48. The Hall–Kier alpha value is -1.94. The number of carbonyl (C=O) groups excluding carboxylic acids is 1. The molecule has 3 aliphatic rings. The molecule has 6 nitrogen and oxygen atoms in total. The van der Waals surface area contributed by atoms with E-state index in [1.165, 1.54) is 18.4 Å². The predicted molar refractivity (Wildman–Crippen MR) is 94.2 cm³/mol. The molecule has 2 aliphatic heterocycles. The van der Waals surface area contributed by atoms with E-state index < -0.39 is 0 Å². The Morgan fingerprint density at radius 2 is 1.84 bits per heavy atom. The number of nitrogens with zero attached hydrogens (tertiary/aromatic N) is 3. The summed E-state index contributed by atoms with van der Waals surface area (Å²) in [6.07, 6.45) is 3.13. The molecule has 2 heterocycles. The molecule has 1 aliphatic carbocycles. The van der Waals surface area contributed by atoms with Crippen LogP contribution in [0.3, 0.4) is 0 Å². The second-order valence-corrected chi connectivity index (χ2v) is 7.41. The van der Waals surface area contributed by atoms with Crippen LogP contribution in [0, 0.1) is 17.2 Å². The Morgan fingerprint density at radius 1 is 1.12 bits per heavy atom. The first-order valence-corrected chi connectivity index (χ1v) is 9.22. The minimum Gasteiger partial charge on any atom is -0.328 e. The van der Waals surface area contributed by atoms with Crippen molar-refractivity contribution in [2.24, 2.45) is 5.92 Å². The molecule has 2 N–H and O–H groups in total. The number of carbonyl (C=O) groups is 1. The van der Waals surface area contributed by atoms with E-state index in [0.717, 1.165) is 32.7 Å². The molecule has 2 atom stereocenters. The third kappa shape index (κ3) is 4.01. The van der Waals surface area contributed by atoms with E-state index in [-0.39, 0.29) is 12.2 Å². The van der Waals surface area contributed by atoms with Crippen LogP contribution in [-0.2, 0) is 11.3 Å². The van der Waals surface area contributed by atoms with Crippen molar-refractivity contribution in [1.29, 1.82) is 5.26 Å². The molecule has 3 fully saturated rings. The highest BCUT2D eigenvalue weighted by Crippen LogP contribution is 2.35. The zero-order valence-electron chi connectivity index (χ0n) is 14.4. The molecule has 2 unspecified atom stereocenters. The first-order valence-electron chi connectivity index (χ1n) is 9.22. The molecule has 132 valence electrons.